The summed E-state index contributed by atoms with van der Waals surface area (Å²) in [4.78, 5) is 24.1. The Hall–Kier alpha value is -3.59. The minimum Gasteiger partial charge on any atom is -0.459 e. The number of hydrogen-bond acceptors (Lipinski definition) is 5. The van der Waals surface area contributed by atoms with Crippen molar-refractivity contribution >= 4 is 27.5 Å². The van der Waals surface area contributed by atoms with E-state index in [9.17, 15) is 18.0 Å². The van der Waals surface area contributed by atoms with E-state index in [1.807, 2.05) is 6.92 Å². The standard InChI is InChI=1S/C20H19N3O5S/c1-14-5-11-17(12-6-14)29(26,27)23(2)16-9-7-15(8-10-16)19(24)21-22-20(25)18-4-3-13-28-18/h3-13H,1-2H3,(H,21,24)(H,22,25). The summed E-state index contributed by atoms with van der Waals surface area (Å²) in [6.07, 6.45) is 1.34. The number of nitrogens with one attached hydrogen (secondary N) is 2. The van der Waals surface area contributed by atoms with Crippen LogP contribution in [0, 0.1) is 6.92 Å². The second-order valence-corrected chi connectivity index (χ2v) is 8.19. The van der Waals surface area contributed by atoms with Gasteiger partial charge < -0.3 is 4.42 Å². The molecule has 2 aromatic carbocycles. The lowest BCUT2D eigenvalue weighted by Crippen LogP contribution is -2.41. The number of hydrazine groups is 1. The number of hydrogen-bond donors (Lipinski definition) is 2. The molecule has 0 atom stereocenters. The number of rotatable bonds is 5. The molecule has 0 aliphatic heterocycles. The third-order valence-corrected chi connectivity index (χ3v) is 6.01. The van der Waals surface area contributed by atoms with Crippen LogP contribution in [0.1, 0.15) is 26.5 Å². The van der Waals surface area contributed by atoms with Crippen molar-refractivity contribution < 1.29 is 22.4 Å². The normalized spacial score (nSPS) is 11.0. The highest BCUT2D eigenvalue weighted by Gasteiger charge is 2.21. The van der Waals surface area contributed by atoms with Crippen molar-refractivity contribution in [2.75, 3.05) is 11.4 Å². The van der Waals surface area contributed by atoms with Gasteiger partial charge in [0.25, 0.3) is 15.9 Å². The summed E-state index contributed by atoms with van der Waals surface area (Å²) in [6.45, 7) is 1.88. The number of sulfonamides is 1. The van der Waals surface area contributed by atoms with Crippen LogP contribution in [0.2, 0.25) is 0 Å². The van der Waals surface area contributed by atoms with Crippen LogP contribution >= 0.6 is 0 Å². The number of nitrogens with zero attached hydrogens (tertiary/aromatic N) is 1. The molecule has 150 valence electrons. The van der Waals surface area contributed by atoms with E-state index in [1.165, 1.54) is 43.6 Å². The summed E-state index contributed by atoms with van der Waals surface area (Å²) in [5, 5.41) is 0. The van der Waals surface area contributed by atoms with Gasteiger partial charge in [0.2, 0.25) is 0 Å². The molecule has 0 aliphatic carbocycles. The maximum Gasteiger partial charge on any atom is 0.305 e. The quantitative estimate of drug-likeness (QED) is 0.625. The van der Waals surface area contributed by atoms with Crippen molar-refractivity contribution in [3.05, 3.63) is 83.8 Å². The molecule has 0 radical (unpaired) electrons. The predicted octanol–water partition coefficient (Wildman–Crippen LogP) is 2.49. The van der Waals surface area contributed by atoms with Gasteiger partial charge >= 0.3 is 5.91 Å². The Balaban J connectivity index is 1.68. The zero-order valence-electron chi connectivity index (χ0n) is 15.7. The van der Waals surface area contributed by atoms with E-state index in [2.05, 4.69) is 10.9 Å². The molecule has 3 rings (SSSR count). The van der Waals surface area contributed by atoms with Crippen LogP contribution in [0.3, 0.4) is 0 Å². The van der Waals surface area contributed by atoms with Crippen molar-refractivity contribution in [1.82, 2.24) is 10.9 Å². The van der Waals surface area contributed by atoms with Gasteiger partial charge in [0, 0.05) is 12.6 Å². The van der Waals surface area contributed by atoms with Crippen LogP contribution in [0.15, 0.2) is 76.2 Å². The number of carbonyl (C=O) groups excluding carboxylic acids is 2. The molecule has 0 fully saturated rings. The van der Waals surface area contributed by atoms with Crippen molar-refractivity contribution in [1.29, 1.82) is 0 Å². The van der Waals surface area contributed by atoms with Crippen LogP contribution in [0.5, 0.6) is 0 Å². The molecular formula is C20H19N3O5S. The topological polar surface area (TPSA) is 109 Å². The number of amides is 2. The van der Waals surface area contributed by atoms with E-state index < -0.39 is 21.8 Å². The summed E-state index contributed by atoms with van der Waals surface area (Å²) >= 11 is 0. The fourth-order valence-corrected chi connectivity index (χ4v) is 3.68. The van der Waals surface area contributed by atoms with E-state index in [1.54, 1.807) is 30.3 Å². The molecule has 0 aliphatic rings. The van der Waals surface area contributed by atoms with Crippen LogP contribution in [-0.4, -0.2) is 27.3 Å². The lowest BCUT2D eigenvalue weighted by molar-refractivity contribution is 0.0831. The first-order valence-electron chi connectivity index (χ1n) is 8.59. The molecule has 0 spiro atoms. The van der Waals surface area contributed by atoms with Crippen molar-refractivity contribution in [3.63, 3.8) is 0 Å². The molecule has 0 bridgehead atoms. The first kappa shape index (κ1) is 20.2. The van der Waals surface area contributed by atoms with Crippen LogP contribution in [0.25, 0.3) is 0 Å². The Labute approximate surface area is 168 Å². The summed E-state index contributed by atoms with van der Waals surface area (Å²) < 4.78 is 31.5. The SMILES string of the molecule is Cc1ccc(S(=O)(=O)N(C)c2ccc(C(=O)NNC(=O)c3ccco3)cc2)cc1. The molecule has 1 heterocycles. The summed E-state index contributed by atoms with van der Waals surface area (Å²) in [6, 6.07) is 15.5. The Bertz CT molecular complexity index is 1110. The number of aryl methyl sites for hydroxylation is 1. The maximum atomic E-state index is 12.7. The predicted molar refractivity (Wildman–Crippen MR) is 107 cm³/mol. The minimum absolute atomic E-state index is 0.0589. The zero-order valence-corrected chi connectivity index (χ0v) is 16.6. The van der Waals surface area contributed by atoms with Gasteiger partial charge in [-0.1, -0.05) is 17.7 Å². The van der Waals surface area contributed by atoms with Gasteiger partial charge in [-0.05, 0) is 55.5 Å². The summed E-state index contributed by atoms with van der Waals surface area (Å²) in [5.74, 6) is -1.09. The van der Waals surface area contributed by atoms with Gasteiger partial charge in [0.15, 0.2) is 5.76 Å². The van der Waals surface area contributed by atoms with Gasteiger partial charge in [-0.25, -0.2) is 8.42 Å². The first-order valence-corrected chi connectivity index (χ1v) is 10.0. The third kappa shape index (κ3) is 4.46. The second-order valence-electron chi connectivity index (χ2n) is 6.22. The Morgan fingerprint density at radius 2 is 1.52 bits per heavy atom. The first-order chi connectivity index (χ1) is 13.8. The van der Waals surface area contributed by atoms with E-state index >= 15 is 0 Å². The van der Waals surface area contributed by atoms with Crippen molar-refractivity contribution in [2.24, 2.45) is 0 Å². The Morgan fingerprint density at radius 3 is 2.10 bits per heavy atom. The van der Waals surface area contributed by atoms with E-state index in [-0.39, 0.29) is 16.2 Å². The smallest absolute Gasteiger partial charge is 0.305 e. The van der Waals surface area contributed by atoms with Crippen LogP contribution < -0.4 is 15.2 Å². The van der Waals surface area contributed by atoms with Gasteiger partial charge in [-0.15, -0.1) is 0 Å². The molecule has 9 heteroatoms. The molecule has 1 aromatic heterocycles. The fourth-order valence-electron chi connectivity index (χ4n) is 2.48. The number of carbonyl (C=O) groups is 2. The monoisotopic (exact) mass is 413 g/mol. The second kappa shape index (κ2) is 8.19. The molecule has 0 saturated carbocycles. The highest BCUT2D eigenvalue weighted by molar-refractivity contribution is 7.92. The molecule has 2 N–H and O–H groups in total. The molecule has 29 heavy (non-hydrogen) atoms. The summed E-state index contributed by atoms with van der Waals surface area (Å²) in [5.41, 5.74) is 6.09. The highest BCUT2D eigenvalue weighted by Crippen LogP contribution is 2.22. The fraction of sp³-hybridized carbons (Fsp3) is 0.100. The largest absolute Gasteiger partial charge is 0.459 e. The average Bonchev–Trinajstić information content (AvgIpc) is 3.26. The third-order valence-electron chi connectivity index (χ3n) is 4.21. The number of furan rings is 1. The van der Waals surface area contributed by atoms with Gasteiger partial charge in [-0.3, -0.25) is 24.7 Å². The molecule has 8 nitrogen and oxygen atoms in total. The van der Waals surface area contributed by atoms with Crippen LogP contribution in [0.4, 0.5) is 5.69 Å². The Kier molecular flexibility index (Phi) is 5.69. The summed E-state index contributed by atoms with van der Waals surface area (Å²) in [7, 11) is -2.28. The molecule has 0 saturated heterocycles. The Morgan fingerprint density at radius 1 is 0.897 bits per heavy atom. The van der Waals surface area contributed by atoms with E-state index in [0.717, 1.165) is 9.87 Å². The van der Waals surface area contributed by atoms with Crippen molar-refractivity contribution in [2.45, 2.75) is 11.8 Å². The highest BCUT2D eigenvalue weighted by atomic mass is 32.2. The van der Waals surface area contributed by atoms with Gasteiger partial charge in [0.05, 0.1) is 16.8 Å². The average molecular weight is 413 g/mol. The molecular weight excluding hydrogens is 394 g/mol. The number of anilines is 1. The molecule has 2 amide bonds. The van der Waals surface area contributed by atoms with Gasteiger partial charge in [0.1, 0.15) is 0 Å². The minimum atomic E-state index is -3.72. The molecule has 3 aromatic rings. The van der Waals surface area contributed by atoms with E-state index in [0.29, 0.717) is 5.69 Å². The van der Waals surface area contributed by atoms with E-state index in [4.69, 9.17) is 4.42 Å². The number of benzene rings is 2. The zero-order chi connectivity index (χ0) is 21.0. The molecule has 0 unspecified atom stereocenters. The van der Waals surface area contributed by atoms with Crippen molar-refractivity contribution in [3.8, 4) is 0 Å². The lowest BCUT2D eigenvalue weighted by atomic mass is 10.2. The van der Waals surface area contributed by atoms with Gasteiger partial charge in [-0.2, -0.15) is 0 Å². The van der Waals surface area contributed by atoms with Crippen LogP contribution in [-0.2, 0) is 10.0 Å². The maximum absolute atomic E-state index is 12.7. The lowest BCUT2D eigenvalue weighted by Gasteiger charge is -2.20.